The van der Waals surface area contributed by atoms with Gasteiger partial charge >= 0.3 is 0 Å². The molecule has 0 fully saturated rings. The van der Waals surface area contributed by atoms with Crippen LogP contribution in [0.25, 0.3) is 6.15 Å². The number of hydrogen-bond donors (Lipinski definition) is 1. The second-order valence-electron chi connectivity index (χ2n) is 1.24. The molecule has 6 heavy (non-hydrogen) atoms. The Bertz CT molecular complexity index is 13.5. The molecule has 0 atom stereocenters. The second-order valence-corrected chi connectivity index (χ2v) is 1.24. The fourth-order valence-corrected chi connectivity index (χ4v) is 0. The normalized spacial score (nSPS) is 6.00. The van der Waals surface area contributed by atoms with Gasteiger partial charge in [-0.2, -0.15) is 0 Å². The zero-order valence-electron chi connectivity index (χ0n) is 4.09. The van der Waals surface area contributed by atoms with Gasteiger partial charge in [0.05, 0.1) is 0 Å². The summed E-state index contributed by atoms with van der Waals surface area (Å²) in [5, 5.41) is 0. The van der Waals surface area contributed by atoms with Gasteiger partial charge in [-0.15, -0.1) is 0 Å². The first kappa shape index (κ1) is 16.1. The minimum atomic E-state index is 0. The predicted molar refractivity (Wildman–Crippen MR) is 24.6 cm³/mol. The number of hydrogen-bond acceptors (Lipinski definition) is 1. The van der Waals surface area contributed by atoms with Crippen molar-refractivity contribution < 1.29 is 17.1 Å². The average molecular weight is 131 g/mol. The first-order valence-corrected chi connectivity index (χ1v) is 1.49. The Balaban J connectivity index is -0.0000000450. The predicted octanol–water partition coefficient (Wildman–Crippen LogP) is 1.07. The van der Waals surface area contributed by atoms with E-state index < -0.39 is 0 Å². The third kappa shape index (κ3) is 272. The molecule has 0 rings (SSSR count). The van der Waals surface area contributed by atoms with Crippen molar-refractivity contribution in [3.8, 4) is 0 Å². The van der Waals surface area contributed by atoms with Crippen molar-refractivity contribution in [1.82, 2.24) is 0 Å². The molecule has 0 saturated carbocycles. The van der Waals surface area contributed by atoms with E-state index in [1.807, 2.05) is 13.8 Å². The summed E-state index contributed by atoms with van der Waals surface area (Å²) in [5.41, 5.74) is 5.11. The zero-order chi connectivity index (χ0) is 3.58. The molecule has 42 valence electrons. The minimum absolute atomic E-state index is 0. The fourth-order valence-electron chi connectivity index (χ4n) is 0. The molecule has 0 aliphatic heterocycles. The molecular formula is C3H11FeN2-. The van der Waals surface area contributed by atoms with E-state index in [0.29, 0.717) is 6.04 Å². The van der Waals surface area contributed by atoms with Crippen molar-refractivity contribution in [2.75, 3.05) is 0 Å². The van der Waals surface area contributed by atoms with Crippen molar-refractivity contribution in [3.05, 3.63) is 6.15 Å². The molecule has 0 aliphatic rings. The average Bonchev–Trinajstić information content (AvgIpc) is 0.811. The molecule has 0 aliphatic carbocycles. The zero-order valence-corrected chi connectivity index (χ0v) is 5.19. The maximum atomic E-state index is 5.11. The summed E-state index contributed by atoms with van der Waals surface area (Å²) in [7, 11) is 0. The molecule has 4 N–H and O–H groups in total. The molecule has 0 radical (unpaired) electrons. The molecule has 0 aromatic heterocycles. The molecule has 0 amide bonds. The summed E-state index contributed by atoms with van der Waals surface area (Å²) in [6, 6.07) is 0.333. The van der Waals surface area contributed by atoms with Crippen LogP contribution in [0.15, 0.2) is 0 Å². The maximum absolute atomic E-state index is 5.11. The van der Waals surface area contributed by atoms with E-state index in [1.165, 1.54) is 0 Å². The van der Waals surface area contributed by atoms with Gasteiger partial charge in [0.2, 0.25) is 0 Å². The van der Waals surface area contributed by atoms with E-state index in [0.717, 1.165) is 0 Å². The maximum Gasteiger partial charge on any atom is 0 e. The molecule has 0 aromatic carbocycles. The van der Waals surface area contributed by atoms with Gasteiger partial charge in [0.15, 0.2) is 0 Å². The van der Waals surface area contributed by atoms with Gasteiger partial charge in [0, 0.05) is 17.1 Å². The van der Waals surface area contributed by atoms with Crippen LogP contribution in [-0.4, -0.2) is 6.04 Å². The first-order valence-electron chi connectivity index (χ1n) is 1.49. The quantitative estimate of drug-likeness (QED) is 0.491. The number of rotatable bonds is 0. The minimum Gasteiger partial charge on any atom is -0.693 e. The summed E-state index contributed by atoms with van der Waals surface area (Å²) in [4.78, 5) is 0. The third-order valence-corrected chi connectivity index (χ3v) is 0. The van der Waals surface area contributed by atoms with Gasteiger partial charge in [-0.25, -0.2) is 0 Å². The molecule has 0 saturated heterocycles. The van der Waals surface area contributed by atoms with Gasteiger partial charge in [-0.3, -0.25) is 0 Å². The van der Waals surface area contributed by atoms with Crippen LogP contribution in [0, 0.1) is 0 Å². The van der Waals surface area contributed by atoms with E-state index in [9.17, 15) is 0 Å². The van der Waals surface area contributed by atoms with E-state index in [2.05, 4.69) is 0 Å². The monoisotopic (exact) mass is 131 g/mol. The van der Waals surface area contributed by atoms with E-state index in [4.69, 9.17) is 5.73 Å². The molecule has 0 unspecified atom stereocenters. The van der Waals surface area contributed by atoms with Crippen molar-refractivity contribution in [3.63, 3.8) is 0 Å². The summed E-state index contributed by atoms with van der Waals surface area (Å²) >= 11 is 0. The smallest absolute Gasteiger partial charge is 0 e. The Labute approximate surface area is 49.5 Å². The van der Waals surface area contributed by atoms with Crippen LogP contribution >= 0.6 is 0 Å². The summed E-state index contributed by atoms with van der Waals surface area (Å²) in [6.45, 7) is 3.89. The number of nitrogens with two attached hydrogens (primary N) is 2. The summed E-state index contributed by atoms with van der Waals surface area (Å²) < 4.78 is 0. The fraction of sp³-hybridized carbons (Fsp3) is 1.00. The van der Waals surface area contributed by atoms with Crippen LogP contribution in [0.5, 0.6) is 0 Å². The second kappa shape index (κ2) is 9.06. The summed E-state index contributed by atoms with van der Waals surface area (Å²) in [5.74, 6) is 0. The molecule has 0 heterocycles. The van der Waals surface area contributed by atoms with Gasteiger partial charge < -0.3 is 11.9 Å². The molecular weight excluding hydrogens is 120 g/mol. The van der Waals surface area contributed by atoms with Gasteiger partial charge in [-0.1, -0.05) is 13.8 Å². The van der Waals surface area contributed by atoms with Gasteiger partial charge in [0.25, 0.3) is 0 Å². The molecule has 0 aromatic rings. The Hall–Kier alpha value is 0.439. The third-order valence-electron chi connectivity index (χ3n) is 0. The van der Waals surface area contributed by atoms with Crippen molar-refractivity contribution in [2.45, 2.75) is 19.9 Å². The van der Waals surface area contributed by atoms with Gasteiger partial charge in [0.1, 0.15) is 0 Å². The molecule has 2 nitrogen and oxygen atoms in total. The van der Waals surface area contributed by atoms with E-state index >= 15 is 0 Å². The SMILES string of the molecule is CC(C)N.[Fe].[NH2-]. The molecule has 3 heteroatoms. The Morgan fingerprint density at radius 1 is 1.33 bits per heavy atom. The van der Waals surface area contributed by atoms with Crippen LogP contribution in [0.2, 0.25) is 0 Å². The van der Waals surface area contributed by atoms with Crippen LogP contribution in [0.1, 0.15) is 13.8 Å². The van der Waals surface area contributed by atoms with Crippen molar-refractivity contribution in [1.29, 1.82) is 0 Å². The van der Waals surface area contributed by atoms with E-state index in [1.54, 1.807) is 0 Å². The Morgan fingerprint density at radius 2 is 1.33 bits per heavy atom. The van der Waals surface area contributed by atoms with Crippen LogP contribution in [-0.2, 0) is 17.1 Å². The molecule has 0 spiro atoms. The summed E-state index contributed by atoms with van der Waals surface area (Å²) in [6.07, 6.45) is 0. The Morgan fingerprint density at radius 3 is 1.33 bits per heavy atom. The van der Waals surface area contributed by atoms with Crippen molar-refractivity contribution in [2.24, 2.45) is 5.73 Å². The van der Waals surface area contributed by atoms with Crippen molar-refractivity contribution >= 4 is 0 Å². The van der Waals surface area contributed by atoms with E-state index in [-0.39, 0.29) is 23.2 Å². The first-order chi connectivity index (χ1) is 1.73. The van der Waals surface area contributed by atoms with Crippen LogP contribution < -0.4 is 5.73 Å². The Kier molecular flexibility index (Phi) is 24.3. The molecule has 0 bridgehead atoms. The van der Waals surface area contributed by atoms with Crippen LogP contribution in [0.4, 0.5) is 0 Å². The van der Waals surface area contributed by atoms with Gasteiger partial charge in [-0.05, 0) is 6.04 Å². The topological polar surface area (TPSA) is 59.5 Å². The largest absolute Gasteiger partial charge is 0.693 e. The standard InChI is InChI=1S/C3H9N.Fe.H2N/c1-3(2)4;;/h3H,4H2,1-2H3;;1H2/q;;-1. The van der Waals surface area contributed by atoms with Crippen LogP contribution in [0.3, 0.4) is 0 Å².